The molecule has 0 bridgehead atoms. The molecule has 1 aliphatic rings. The van der Waals surface area contributed by atoms with E-state index in [2.05, 4.69) is 34.5 Å². The van der Waals surface area contributed by atoms with Gasteiger partial charge in [-0.3, -0.25) is 9.69 Å². The number of hydrogen-bond acceptors (Lipinski definition) is 3. The third kappa shape index (κ3) is 3.90. The number of anilines is 1. The summed E-state index contributed by atoms with van der Waals surface area (Å²) in [5, 5.41) is 2.95. The summed E-state index contributed by atoms with van der Waals surface area (Å²) in [6.45, 7) is 1.38. The lowest BCUT2D eigenvalue weighted by Crippen LogP contribution is -2.32. The van der Waals surface area contributed by atoms with E-state index in [0.717, 1.165) is 30.8 Å². The molecule has 1 aliphatic heterocycles. The molecule has 0 saturated carbocycles. The van der Waals surface area contributed by atoms with Crippen molar-refractivity contribution >= 4 is 11.6 Å². The van der Waals surface area contributed by atoms with E-state index in [1.54, 1.807) is 7.11 Å². The average molecular weight is 310 g/mol. The van der Waals surface area contributed by atoms with E-state index in [9.17, 15) is 4.79 Å². The van der Waals surface area contributed by atoms with Gasteiger partial charge in [0.05, 0.1) is 13.7 Å². The second-order valence-electron chi connectivity index (χ2n) is 5.82. The molecule has 1 amide bonds. The second kappa shape index (κ2) is 7.29. The number of benzene rings is 2. The third-order valence-electron chi connectivity index (χ3n) is 4.25. The van der Waals surface area contributed by atoms with Crippen LogP contribution in [-0.4, -0.2) is 31.0 Å². The van der Waals surface area contributed by atoms with Gasteiger partial charge in [0.1, 0.15) is 5.75 Å². The molecule has 3 rings (SSSR count). The molecular weight excluding hydrogens is 288 g/mol. The molecule has 120 valence electrons. The number of likely N-dealkylation sites (tertiary alicyclic amines) is 1. The minimum absolute atomic E-state index is 0.0149. The summed E-state index contributed by atoms with van der Waals surface area (Å²) >= 11 is 0. The van der Waals surface area contributed by atoms with Gasteiger partial charge >= 0.3 is 0 Å². The molecule has 23 heavy (non-hydrogen) atoms. The lowest BCUT2D eigenvalue weighted by Gasteiger charge is -2.24. The molecule has 0 aliphatic carbocycles. The smallest absolute Gasteiger partial charge is 0.238 e. The fourth-order valence-electron chi connectivity index (χ4n) is 3.15. The van der Waals surface area contributed by atoms with Crippen LogP contribution < -0.4 is 10.1 Å². The predicted octanol–water partition coefficient (Wildman–Crippen LogP) is 3.47. The first-order valence-electron chi connectivity index (χ1n) is 7.99. The monoisotopic (exact) mass is 310 g/mol. The number of carbonyl (C=O) groups is 1. The predicted molar refractivity (Wildman–Crippen MR) is 91.6 cm³/mol. The molecule has 1 atom stereocenters. The Morgan fingerprint density at radius 3 is 2.83 bits per heavy atom. The molecule has 1 N–H and O–H groups in total. The van der Waals surface area contributed by atoms with Crippen LogP contribution in [0.25, 0.3) is 0 Å². The van der Waals surface area contributed by atoms with E-state index in [4.69, 9.17) is 4.74 Å². The van der Waals surface area contributed by atoms with Crippen molar-refractivity contribution in [1.82, 2.24) is 4.90 Å². The fraction of sp³-hybridized carbons (Fsp3) is 0.316. The second-order valence-corrected chi connectivity index (χ2v) is 5.82. The van der Waals surface area contributed by atoms with Crippen molar-refractivity contribution in [3.8, 4) is 5.75 Å². The Labute approximate surface area is 137 Å². The minimum Gasteiger partial charge on any atom is -0.497 e. The van der Waals surface area contributed by atoms with Crippen LogP contribution in [0.4, 0.5) is 5.69 Å². The van der Waals surface area contributed by atoms with Crippen LogP contribution in [0.2, 0.25) is 0 Å². The van der Waals surface area contributed by atoms with Crippen molar-refractivity contribution in [3.63, 3.8) is 0 Å². The van der Waals surface area contributed by atoms with Crippen molar-refractivity contribution < 1.29 is 9.53 Å². The van der Waals surface area contributed by atoms with Crippen molar-refractivity contribution in [3.05, 3.63) is 60.2 Å². The zero-order valence-corrected chi connectivity index (χ0v) is 13.4. The molecule has 4 heteroatoms. The molecule has 1 heterocycles. The number of amides is 1. The van der Waals surface area contributed by atoms with Gasteiger partial charge in [-0.1, -0.05) is 36.4 Å². The lowest BCUT2D eigenvalue weighted by molar-refractivity contribution is -0.117. The van der Waals surface area contributed by atoms with Gasteiger partial charge in [-0.2, -0.15) is 0 Å². The van der Waals surface area contributed by atoms with Crippen molar-refractivity contribution in [1.29, 1.82) is 0 Å². The molecule has 0 aromatic heterocycles. The summed E-state index contributed by atoms with van der Waals surface area (Å²) in [4.78, 5) is 14.6. The largest absolute Gasteiger partial charge is 0.497 e. The average Bonchev–Trinajstić information content (AvgIpc) is 3.03. The van der Waals surface area contributed by atoms with Gasteiger partial charge in [0.25, 0.3) is 0 Å². The van der Waals surface area contributed by atoms with E-state index in [-0.39, 0.29) is 5.91 Å². The summed E-state index contributed by atoms with van der Waals surface area (Å²) in [7, 11) is 1.62. The minimum atomic E-state index is 0.0149. The molecule has 4 nitrogen and oxygen atoms in total. The van der Waals surface area contributed by atoms with E-state index in [0.29, 0.717) is 12.6 Å². The summed E-state index contributed by atoms with van der Waals surface area (Å²) in [6, 6.07) is 18.2. The summed E-state index contributed by atoms with van der Waals surface area (Å²) < 4.78 is 5.18. The highest BCUT2D eigenvalue weighted by atomic mass is 16.5. The molecule has 0 radical (unpaired) electrons. The Morgan fingerprint density at radius 1 is 1.22 bits per heavy atom. The third-order valence-corrected chi connectivity index (χ3v) is 4.25. The van der Waals surface area contributed by atoms with Gasteiger partial charge < -0.3 is 10.1 Å². The fourth-order valence-corrected chi connectivity index (χ4v) is 3.15. The topological polar surface area (TPSA) is 41.6 Å². The lowest BCUT2D eigenvalue weighted by atomic mass is 10.0. The van der Waals surface area contributed by atoms with Crippen LogP contribution in [-0.2, 0) is 4.79 Å². The van der Waals surface area contributed by atoms with Crippen LogP contribution in [0.1, 0.15) is 24.4 Å². The van der Waals surface area contributed by atoms with Gasteiger partial charge in [-0.15, -0.1) is 0 Å². The Kier molecular flexibility index (Phi) is 4.93. The van der Waals surface area contributed by atoms with E-state index < -0.39 is 0 Å². The summed E-state index contributed by atoms with van der Waals surface area (Å²) in [6.07, 6.45) is 2.24. The summed E-state index contributed by atoms with van der Waals surface area (Å²) in [5.74, 6) is 0.757. The van der Waals surface area contributed by atoms with E-state index in [1.165, 1.54) is 5.56 Å². The van der Waals surface area contributed by atoms with Crippen molar-refractivity contribution in [2.45, 2.75) is 18.9 Å². The molecular formula is C19H22N2O2. The van der Waals surface area contributed by atoms with E-state index >= 15 is 0 Å². The van der Waals surface area contributed by atoms with Crippen molar-refractivity contribution in [2.24, 2.45) is 0 Å². The number of nitrogens with one attached hydrogen (secondary N) is 1. The van der Waals surface area contributed by atoms with Crippen LogP contribution in [0.3, 0.4) is 0 Å². The molecule has 2 aromatic carbocycles. The maximum Gasteiger partial charge on any atom is 0.238 e. The molecule has 2 aromatic rings. The normalized spacial score (nSPS) is 17.9. The highest BCUT2D eigenvalue weighted by molar-refractivity contribution is 5.92. The Hall–Kier alpha value is -2.33. The SMILES string of the molecule is COc1cccc(NC(=O)CN2CCCC2c2ccccc2)c1. The zero-order chi connectivity index (χ0) is 16.1. The van der Waals surface area contributed by atoms with Gasteiger partial charge in [0.15, 0.2) is 0 Å². The van der Waals surface area contributed by atoms with Gasteiger partial charge in [-0.25, -0.2) is 0 Å². The van der Waals surface area contributed by atoms with Crippen LogP contribution in [0.5, 0.6) is 5.75 Å². The standard InChI is InChI=1S/C19H22N2O2/c1-23-17-10-5-9-16(13-17)20-19(22)14-21-12-6-11-18(21)15-7-3-2-4-8-15/h2-5,7-10,13,18H,6,11-12,14H2,1H3,(H,20,22). The van der Waals surface area contributed by atoms with Gasteiger partial charge in [0, 0.05) is 17.8 Å². The first-order chi connectivity index (χ1) is 11.3. The number of nitrogens with zero attached hydrogens (tertiary/aromatic N) is 1. The molecule has 1 fully saturated rings. The number of methoxy groups -OCH3 is 1. The van der Waals surface area contributed by atoms with Gasteiger partial charge in [-0.05, 0) is 37.1 Å². The van der Waals surface area contributed by atoms with Crippen LogP contribution in [0.15, 0.2) is 54.6 Å². The number of ether oxygens (including phenoxy) is 1. The van der Waals surface area contributed by atoms with E-state index in [1.807, 2.05) is 30.3 Å². The maximum atomic E-state index is 12.4. The number of rotatable bonds is 5. The Morgan fingerprint density at radius 2 is 2.04 bits per heavy atom. The Bertz CT molecular complexity index is 657. The molecule has 1 unspecified atom stereocenters. The maximum absolute atomic E-state index is 12.4. The molecule has 1 saturated heterocycles. The first kappa shape index (κ1) is 15.6. The highest BCUT2D eigenvalue weighted by Crippen LogP contribution is 2.31. The highest BCUT2D eigenvalue weighted by Gasteiger charge is 2.27. The zero-order valence-electron chi connectivity index (χ0n) is 13.4. The number of carbonyl (C=O) groups excluding carboxylic acids is 1. The quantitative estimate of drug-likeness (QED) is 0.919. The molecule has 0 spiro atoms. The summed E-state index contributed by atoms with van der Waals surface area (Å²) in [5.41, 5.74) is 2.06. The van der Waals surface area contributed by atoms with Crippen molar-refractivity contribution in [2.75, 3.05) is 25.5 Å². The van der Waals surface area contributed by atoms with Crippen LogP contribution in [0, 0.1) is 0 Å². The van der Waals surface area contributed by atoms with Crippen LogP contribution >= 0.6 is 0 Å². The first-order valence-corrected chi connectivity index (χ1v) is 7.99. The Balaban J connectivity index is 1.62. The number of hydrogen-bond donors (Lipinski definition) is 1. The van der Waals surface area contributed by atoms with Gasteiger partial charge in [0.2, 0.25) is 5.91 Å².